The highest BCUT2D eigenvalue weighted by Gasteiger charge is 2.40. The zero-order valence-electron chi connectivity index (χ0n) is 14.5. The molecule has 1 unspecified atom stereocenters. The van der Waals surface area contributed by atoms with Gasteiger partial charge in [-0.25, -0.2) is 4.79 Å². The molecule has 0 N–H and O–H groups in total. The molecule has 0 spiro atoms. The van der Waals surface area contributed by atoms with E-state index in [-0.39, 0.29) is 5.69 Å². The molecule has 0 aliphatic carbocycles. The number of pyridine rings is 1. The maximum atomic E-state index is 12.7. The van der Waals surface area contributed by atoms with Crippen LogP contribution in [0.15, 0.2) is 42.6 Å². The topological polar surface area (TPSA) is 84.0 Å². The summed E-state index contributed by atoms with van der Waals surface area (Å²) in [6, 6.07) is 9.91. The quantitative estimate of drug-likeness (QED) is 0.487. The van der Waals surface area contributed by atoms with E-state index >= 15 is 0 Å². The fourth-order valence-electron chi connectivity index (χ4n) is 2.08. The van der Waals surface area contributed by atoms with Gasteiger partial charge in [0.05, 0.1) is 5.69 Å². The second-order valence-electron chi connectivity index (χ2n) is 5.20. The number of esters is 1. The molecule has 9 heteroatoms. The average molecular weight is 400 g/mol. The van der Waals surface area contributed by atoms with Crippen molar-refractivity contribution in [3.8, 4) is 5.75 Å². The third kappa shape index (κ3) is 5.05. The minimum Gasteiger partial charge on any atom is -0.482 e. The van der Waals surface area contributed by atoms with Crippen molar-refractivity contribution in [2.24, 2.45) is 0 Å². The van der Waals surface area contributed by atoms with Crippen molar-refractivity contribution in [3.63, 3.8) is 0 Å². The molecule has 1 heterocycles. The molecule has 2 rings (SSSR count). The van der Waals surface area contributed by atoms with Crippen LogP contribution in [0.5, 0.6) is 5.75 Å². The van der Waals surface area contributed by atoms with Gasteiger partial charge in [0.1, 0.15) is 5.75 Å². The van der Waals surface area contributed by atoms with E-state index in [2.05, 4.69) is 4.98 Å². The van der Waals surface area contributed by atoms with E-state index in [4.69, 9.17) is 30.1 Å². The molecule has 0 aliphatic rings. The van der Waals surface area contributed by atoms with Crippen LogP contribution < -0.4 is 4.74 Å². The number of halogens is 1. The van der Waals surface area contributed by atoms with Crippen molar-refractivity contribution in [2.75, 3.05) is 20.8 Å². The summed E-state index contributed by atoms with van der Waals surface area (Å²) in [7, 11) is -1.34. The van der Waals surface area contributed by atoms with E-state index < -0.39 is 26.0 Å². The summed E-state index contributed by atoms with van der Waals surface area (Å²) in [6.45, 7) is 1.43. The average Bonchev–Trinajstić information content (AvgIpc) is 2.67. The van der Waals surface area contributed by atoms with Crippen LogP contribution >= 0.6 is 19.2 Å². The van der Waals surface area contributed by atoms with Crippen LogP contribution in [0.25, 0.3) is 0 Å². The first-order valence-corrected chi connectivity index (χ1v) is 9.59. The van der Waals surface area contributed by atoms with Gasteiger partial charge in [0, 0.05) is 25.4 Å². The smallest absolute Gasteiger partial charge is 0.376 e. The first-order valence-electron chi connectivity index (χ1n) is 7.60. The van der Waals surface area contributed by atoms with Crippen LogP contribution in [0.2, 0.25) is 5.02 Å². The molecule has 0 radical (unpaired) electrons. The molecule has 26 heavy (non-hydrogen) atoms. The Kier molecular flexibility index (Phi) is 7.17. The number of hydrogen-bond donors (Lipinski definition) is 0. The number of hydrogen-bond acceptors (Lipinski definition) is 7. The van der Waals surface area contributed by atoms with Gasteiger partial charge < -0.3 is 18.5 Å². The Hall–Kier alpha value is -1.92. The molecule has 0 saturated carbocycles. The van der Waals surface area contributed by atoms with Gasteiger partial charge in [0.25, 0.3) is 0 Å². The van der Waals surface area contributed by atoms with Crippen LogP contribution in [0.1, 0.15) is 17.1 Å². The molecule has 140 valence electrons. The SMILES string of the molecule is COP(=O)(OC)C(OC(=O)COc1ccc(Cl)c(C)c1)c1ccccn1. The van der Waals surface area contributed by atoms with Crippen molar-refractivity contribution in [1.82, 2.24) is 4.98 Å². The van der Waals surface area contributed by atoms with Gasteiger partial charge in [0.15, 0.2) is 6.61 Å². The Labute approximate surface area is 156 Å². The Morgan fingerprint density at radius 3 is 2.54 bits per heavy atom. The number of rotatable bonds is 8. The third-order valence-electron chi connectivity index (χ3n) is 3.47. The highest BCUT2D eigenvalue weighted by atomic mass is 35.5. The number of aryl methyl sites for hydroxylation is 1. The van der Waals surface area contributed by atoms with Crippen LogP contribution in [0.3, 0.4) is 0 Å². The first-order chi connectivity index (χ1) is 12.4. The number of carbonyl (C=O) groups is 1. The summed E-state index contributed by atoms with van der Waals surface area (Å²) in [5.74, 6) is -1.59. The van der Waals surface area contributed by atoms with Crippen molar-refractivity contribution in [3.05, 3.63) is 58.9 Å². The Balaban J connectivity index is 2.11. The normalized spacial score (nSPS) is 12.5. The third-order valence-corrected chi connectivity index (χ3v) is 5.85. The number of carbonyl (C=O) groups excluding carboxylic acids is 1. The van der Waals surface area contributed by atoms with Crippen LogP contribution in [0.4, 0.5) is 0 Å². The summed E-state index contributed by atoms with van der Waals surface area (Å²) < 4.78 is 33.3. The summed E-state index contributed by atoms with van der Waals surface area (Å²) in [5.41, 5.74) is 1.06. The van der Waals surface area contributed by atoms with Crippen molar-refractivity contribution in [1.29, 1.82) is 0 Å². The molecule has 0 amide bonds. The number of nitrogens with zero attached hydrogens (tertiary/aromatic N) is 1. The van der Waals surface area contributed by atoms with Gasteiger partial charge in [-0.2, -0.15) is 0 Å². The molecule has 7 nitrogen and oxygen atoms in total. The van der Waals surface area contributed by atoms with Gasteiger partial charge in [-0.15, -0.1) is 0 Å². The Morgan fingerprint density at radius 1 is 1.23 bits per heavy atom. The van der Waals surface area contributed by atoms with Crippen molar-refractivity contribution >= 4 is 25.2 Å². The monoisotopic (exact) mass is 399 g/mol. The van der Waals surface area contributed by atoms with E-state index in [1.165, 1.54) is 20.4 Å². The highest BCUT2D eigenvalue weighted by molar-refractivity contribution is 7.54. The Bertz CT molecular complexity index is 793. The fraction of sp³-hybridized carbons (Fsp3) is 0.294. The van der Waals surface area contributed by atoms with Crippen molar-refractivity contribution < 1.29 is 27.9 Å². The number of ether oxygens (including phenoxy) is 2. The van der Waals surface area contributed by atoms with E-state index in [9.17, 15) is 9.36 Å². The predicted octanol–water partition coefficient (Wildman–Crippen LogP) is 4.15. The molecule has 0 fully saturated rings. The zero-order valence-corrected chi connectivity index (χ0v) is 16.2. The van der Waals surface area contributed by atoms with Crippen LogP contribution in [-0.4, -0.2) is 31.8 Å². The molecular weight excluding hydrogens is 381 g/mol. The van der Waals surface area contributed by atoms with E-state index in [1.807, 2.05) is 6.92 Å². The van der Waals surface area contributed by atoms with Gasteiger partial charge in [-0.05, 0) is 42.8 Å². The van der Waals surface area contributed by atoms with E-state index in [0.29, 0.717) is 10.8 Å². The van der Waals surface area contributed by atoms with Gasteiger partial charge in [-0.3, -0.25) is 9.55 Å². The minimum atomic E-state index is -3.76. The molecule has 1 aromatic carbocycles. The summed E-state index contributed by atoms with van der Waals surface area (Å²) in [4.78, 5) is 16.3. The Morgan fingerprint density at radius 2 is 1.96 bits per heavy atom. The van der Waals surface area contributed by atoms with Crippen LogP contribution in [0, 0.1) is 6.92 Å². The molecular formula is C17H19ClNO6P. The second kappa shape index (κ2) is 9.14. The molecule has 0 saturated heterocycles. The van der Waals surface area contributed by atoms with Gasteiger partial charge in [-0.1, -0.05) is 17.7 Å². The lowest BCUT2D eigenvalue weighted by atomic mass is 10.2. The van der Waals surface area contributed by atoms with Gasteiger partial charge >= 0.3 is 13.6 Å². The van der Waals surface area contributed by atoms with Crippen LogP contribution in [-0.2, 0) is 23.1 Å². The first kappa shape index (κ1) is 20.4. The molecule has 0 bridgehead atoms. The van der Waals surface area contributed by atoms with E-state index in [0.717, 1.165) is 5.56 Å². The highest BCUT2D eigenvalue weighted by Crippen LogP contribution is 2.60. The number of aromatic nitrogens is 1. The molecule has 0 aliphatic heterocycles. The summed E-state index contributed by atoms with van der Waals surface area (Å²) in [5, 5.41) is 0.594. The number of benzene rings is 1. The maximum absolute atomic E-state index is 12.7. The minimum absolute atomic E-state index is 0.246. The second-order valence-corrected chi connectivity index (χ2v) is 7.89. The van der Waals surface area contributed by atoms with E-state index in [1.54, 1.807) is 36.4 Å². The largest absolute Gasteiger partial charge is 0.482 e. The predicted molar refractivity (Wildman–Crippen MR) is 96.4 cm³/mol. The molecule has 1 aromatic heterocycles. The molecule has 1 atom stereocenters. The maximum Gasteiger partial charge on any atom is 0.376 e. The zero-order chi connectivity index (χ0) is 19.2. The lowest BCUT2D eigenvalue weighted by Crippen LogP contribution is -2.20. The summed E-state index contributed by atoms with van der Waals surface area (Å²) >= 11 is 5.95. The standard InChI is InChI=1S/C17H19ClNO6P/c1-12-10-13(7-8-14(12)18)24-11-16(20)25-17(26(21,22-2)23-3)15-6-4-5-9-19-15/h4-10,17H,11H2,1-3H3. The summed E-state index contributed by atoms with van der Waals surface area (Å²) in [6.07, 6.45) is 1.48. The lowest BCUT2D eigenvalue weighted by Gasteiger charge is -2.23. The van der Waals surface area contributed by atoms with Crippen molar-refractivity contribution in [2.45, 2.75) is 12.8 Å². The fourth-order valence-corrected chi connectivity index (χ4v) is 3.46. The lowest BCUT2D eigenvalue weighted by molar-refractivity contribution is -0.149. The molecule has 2 aromatic rings. The van der Waals surface area contributed by atoms with Gasteiger partial charge in [0.2, 0.25) is 5.85 Å².